The molecule has 2 aromatic rings. The van der Waals surface area contributed by atoms with Crippen molar-refractivity contribution in [2.45, 2.75) is 33.2 Å². The summed E-state index contributed by atoms with van der Waals surface area (Å²) in [5, 5.41) is 2.89. The molecule has 106 valence electrons. The summed E-state index contributed by atoms with van der Waals surface area (Å²) in [5.41, 5.74) is 8.12. The van der Waals surface area contributed by atoms with Crippen molar-refractivity contribution in [2.75, 3.05) is 11.1 Å². The Morgan fingerprint density at radius 2 is 2.25 bits per heavy atom. The summed E-state index contributed by atoms with van der Waals surface area (Å²) in [6, 6.07) is 5.49. The van der Waals surface area contributed by atoms with Crippen LogP contribution < -0.4 is 11.1 Å². The second-order valence-electron chi connectivity index (χ2n) is 4.84. The lowest BCUT2D eigenvalue weighted by atomic mass is 10.2. The van der Waals surface area contributed by atoms with Gasteiger partial charge in [0.05, 0.1) is 0 Å². The zero-order chi connectivity index (χ0) is 14.5. The van der Waals surface area contributed by atoms with Crippen molar-refractivity contribution < 1.29 is 4.79 Å². The number of aromatic nitrogens is 2. The third-order valence-electron chi connectivity index (χ3n) is 3.12. The first-order valence-electron chi connectivity index (χ1n) is 6.76. The van der Waals surface area contributed by atoms with E-state index in [0.29, 0.717) is 5.69 Å². The van der Waals surface area contributed by atoms with Crippen molar-refractivity contribution in [1.82, 2.24) is 9.55 Å². The van der Waals surface area contributed by atoms with Crippen LogP contribution in [0.4, 0.5) is 11.4 Å². The van der Waals surface area contributed by atoms with E-state index in [-0.39, 0.29) is 12.5 Å². The van der Waals surface area contributed by atoms with E-state index in [1.54, 1.807) is 12.3 Å². The van der Waals surface area contributed by atoms with Gasteiger partial charge in [0.25, 0.3) is 0 Å². The normalized spacial score (nSPS) is 10.5. The first-order chi connectivity index (χ1) is 9.60. The number of anilines is 2. The quantitative estimate of drug-likeness (QED) is 0.821. The van der Waals surface area contributed by atoms with Gasteiger partial charge in [-0.05, 0) is 31.0 Å². The molecule has 0 aliphatic heterocycles. The van der Waals surface area contributed by atoms with Crippen molar-refractivity contribution in [2.24, 2.45) is 0 Å². The van der Waals surface area contributed by atoms with Crippen molar-refractivity contribution in [3.05, 3.63) is 42.0 Å². The predicted molar refractivity (Wildman–Crippen MR) is 80.4 cm³/mol. The average Bonchev–Trinajstić information content (AvgIpc) is 2.82. The Kier molecular flexibility index (Phi) is 4.40. The molecule has 1 aromatic heterocycles. The molecule has 0 fully saturated rings. The van der Waals surface area contributed by atoms with Crippen molar-refractivity contribution in [3.8, 4) is 0 Å². The molecule has 0 saturated carbocycles. The number of rotatable bonds is 5. The Morgan fingerprint density at radius 3 is 3.00 bits per heavy atom. The van der Waals surface area contributed by atoms with E-state index < -0.39 is 0 Å². The fourth-order valence-corrected chi connectivity index (χ4v) is 2.05. The van der Waals surface area contributed by atoms with Gasteiger partial charge in [-0.15, -0.1) is 0 Å². The number of carbonyl (C=O) groups is 1. The average molecular weight is 272 g/mol. The van der Waals surface area contributed by atoms with Crippen molar-refractivity contribution in [1.29, 1.82) is 0 Å². The molecule has 1 aromatic carbocycles. The maximum atomic E-state index is 12.1. The molecule has 5 heteroatoms. The van der Waals surface area contributed by atoms with Crippen LogP contribution in [0.15, 0.2) is 30.6 Å². The first kappa shape index (κ1) is 14.1. The van der Waals surface area contributed by atoms with Crippen LogP contribution in [0.3, 0.4) is 0 Å². The molecule has 1 amide bonds. The number of hydrogen-bond donors (Lipinski definition) is 2. The fourth-order valence-electron chi connectivity index (χ4n) is 2.05. The molecule has 0 bridgehead atoms. The van der Waals surface area contributed by atoms with E-state index in [0.717, 1.165) is 29.9 Å². The van der Waals surface area contributed by atoms with E-state index in [4.69, 9.17) is 5.73 Å². The van der Waals surface area contributed by atoms with Gasteiger partial charge in [-0.25, -0.2) is 4.98 Å². The van der Waals surface area contributed by atoms with Crippen LogP contribution in [0.5, 0.6) is 0 Å². The summed E-state index contributed by atoms with van der Waals surface area (Å²) < 4.78 is 1.88. The van der Waals surface area contributed by atoms with Gasteiger partial charge in [0.1, 0.15) is 12.4 Å². The molecule has 0 spiro atoms. The Hall–Kier alpha value is -2.30. The zero-order valence-electron chi connectivity index (χ0n) is 11.9. The predicted octanol–water partition coefficient (Wildman–Crippen LogP) is 2.36. The minimum atomic E-state index is -0.0750. The Morgan fingerprint density at radius 1 is 1.45 bits per heavy atom. The van der Waals surface area contributed by atoms with Crippen molar-refractivity contribution in [3.63, 3.8) is 0 Å². The third-order valence-corrected chi connectivity index (χ3v) is 3.12. The summed E-state index contributed by atoms with van der Waals surface area (Å²) in [4.78, 5) is 16.4. The number of nitrogens with one attached hydrogen (secondary N) is 1. The second kappa shape index (κ2) is 6.23. The van der Waals surface area contributed by atoms with Crippen LogP contribution >= 0.6 is 0 Å². The summed E-state index contributed by atoms with van der Waals surface area (Å²) in [5.74, 6) is 0.862. The van der Waals surface area contributed by atoms with Gasteiger partial charge in [-0.3, -0.25) is 4.79 Å². The lowest BCUT2D eigenvalue weighted by molar-refractivity contribution is -0.116. The highest BCUT2D eigenvalue weighted by molar-refractivity contribution is 5.91. The Labute approximate surface area is 118 Å². The molecule has 2 rings (SSSR count). The third kappa shape index (κ3) is 3.38. The second-order valence-corrected chi connectivity index (χ2v) is 4.84. The highest BCUT2D eigenvalue weighted by atomic mass is 16.1. The molecule has 0 atom stereocenters. The van der Waals surface area contributed by atoms with E-state index in [1.807, 2.05) is 29.8 Å². The highest BCUT2D eigenvalue weighted by Gasteiger charge is 2.09. The van der Waals surface area contributed by atoms with Crippen molar-refractivity contribution >= 4 is 17.3 Å². The number of imidazole rings is 1. The van der Waals surface area contributed by atoms with Crippen LogP contribution in [-0.4, -0.2) is 15.5 Å². The van der Waals surface area contributed by atoms with Crippen LogP contribution in [0.1, 0.15) is 24.7 Å². The zero-order valence-corrected chi connectivity index (χ0v) is 11.9. The SMILES string of the molecule is CCCc1nccn1CC(=O)Nc1cc(N)ccc1C. The number of nitrogen functional groups attached to an aromatic ring is 1. The van der Waals surface area contributed by atoms with E-state index in [9.17, 15) is 4.79 Å². The molecular formula is C15H20N4O. The minimum Gasteiger partial charge on any atom is -0.399 e. The van der Waals surface area contributed by atoms with E-state index >= 15 is 0 Å². The lowest BCUT2D eigenvalue weighted by Gasteiger charge is -2.11. The molecule has 5 nitrogen and oxygen atoms in total. The molecule has 3 N–H and O–H groups in total. The standard InChI is InChI=1S/C15H20N4O/c1-3-4-14-17-7-8-19(14)10-15(20)18-13-9-12(16)6-5-11(13)2/h5-9H,3-4,10,16H2,1-2H3,(H,18,20). The molecule has 0 aliphatic rings. The molecule has 0 radical (unpaired) electrons. The first-order valence-corrected chi connectivity index (χ1v) is 6.76. The smallest absolute Gasteiger partial charge is 0.244 e. The number of amides is 1. The maximum absolute atomic E-state index is 12.1. The van der Waals surface area contributed by atoms with Crippen LogP contribution in [0.2, 0.25) is 0 Å². The minimum absolute atomic E-state index is 0.0750. The number of hydrogen-bond acceptors (Lipinski definition) is 3. The van der Waals surface area contributed by atoms with Crippen LogP contribution in [0.25, 0.3) is 0 Å². The monoisotopic (exact) mass is 272 g/mol. The number of benzene rings is 1. The van der Waals surface area contributed by atoms with Gasteiger partial charge in [0.15, 0.2) is 0 Å². The summed E-state index contributed by atoms with van der Waals surface area (Å²) in [6.07, 6.45) is 5.44. The van der Waals surface area contributed by atoms with Gasteiger partial charge < -0.3 is 15.6 Å². The van der Waals surface area contributed by atoms with Gasteiger partial charge in [-0.1, -0.05) is 13.0 Å². The number of aryl methyl sites for hydroxylation is 2. The van der Waals surface area contributed by atoms with Crippen LogP contribution in [-0.2, 0) is 17.8 Å². The van der Waals surface area contributed by atoms with E-state index in [1.165, 1.54) is 0 Å². The van der Waals surface area contributed by atoms with Gasteiger partial charge >= 0.3 is 0 Å². The molecule has 0 unspecified atom stereocenters. The number of nitrogens with zero attached hydrogens (tertiary/aromatic N) is 2. The van der Waals surface area contributed by atoms with Crippen LogP contribution in [0, 0.1) is 6.92 Å². The van der Waals surface area contributed by atoms with Gasteiger partial charge in [0, 0.05) is 30.2 Å². The maximum Gasteiger partial charge on any atom is 0.244 e. The topological polar surface area (TPSA) is 72.9 Å². The highest BCUT2D eigenvalue weighted by Crippen LogP contribution is 2.18. The number of nitrogens with two attached hydrogens (primary N) is 1. The van der Waals surface area contributed by atoms with E-state index in [2.05, 4.69) is 17.2 Å². The molecule has 20 heavy (non-hydrogen) atoms. The molecule has 1 heterocycles. The lowest BCUT2D eigenvalue weighted by Crippen LogP contribution is -2.20. The summed E-state index contributed by atoms with van der Waals surface area (Å²) >= 11 is 0. The van der Waals surface area contributed by atoms with Gasteiger partial charge in [0.2, 0.25) is 5.91 Å². The molecule has 0 aliphatic carbocycles. The molecule has 0 saturated heterocycles. The fraction of sp³-hybridized carbons (Fsp3) is 0.333. The summed E-state index contributed by atoms with van der Waals surface area (Å²) in [6.45, 7) is 4.30. The van der Waals surface area contributed by atoms with Gasteiger partial charge in [-0.2, -0.15) is 0 Å². The Bertz CT molecular complexity index is 604. The largest absolute Gasteiger partial charge is 0.399 e. The Balaban J connectivity index is 2.05. The summed E-state index contributed by atoms with van der Waals surface area (Å²) in [7, 11) is 0. The number of carbonyl (C=O) groups excluding carboxylic acids is 1. The molecular weight excluding hydrogens is 252 g/mol.